The van der Waals surface area contributed by atoms with Crippen molar-refractivity contribution < 1.29 is 18.8 Å². The van der Waals surface area contributed by atoms with Crippen molar-refractivity contribution in [2.75, 3.05) is 20.1 Å². The van der Waals surface area contributed by atoms with Gasteiger partial charge in [0.2, 0.25) is 17.7 Å². The Kier molecular flexibility index (Phi) is 7.07. The van der Waals surface area contributed by atoms with Crippen LogP contribution < -0.4 is 10.6 Å². The Balaban J connectivity index is 1.55. The van der Waals surface area contributed by atoms with E-state index in [0.29, 0.717) is 19.5 Å². The molecule has 2 fully saturated rings. The van der Waals surface area contributed by atoms with Crippen LogP contribution in [0, 0.1) is 11.7 Å². The van der Waals surface area contributed by atoms with Gasteiger partial charge in [-0.2, -0.15) is 0 Å². The maximum atomic E-state index is 14.2. The summed E-state index contributed by atoms with van der Waals surface area (Å²) in [6.07, 6.45) is 7.50. The largest absolute Gasteiger partial charge is 0.361 e. The average molecular weight is 510 g/mol. The maximum Gasteiger partial charge on any atom is 0.249 e. The molecule has 1 aliphatic carbocycles. The van der Waals surface area contributed by atoms with E-state index in [1.807, 2.05) is 6.20 Å². The predicted octanol–water partition coefficient (Wildman–Crippen LogP) is 3.15. The number of carbonyl (C=O) groups is 3. The minimum absolute atomic E-state index is 0.0576. The van der Waals surface area contributed by atoms with Gasteiger partial charge in [-0.3, -0.25) is 14.4 Å². The molecule has 1 aromatic carbocycles. The molecule has 198 valence electrons. The second-order valence-corrected chi connectivity index (χ2v) is 10.6. The Morgan fingerprint density at radius 2 is 1.89 bits per heavy atom. The fourth-order valence-corrected chi connectivity index (χ4v) is 6.27. The first kappa shape index (κ1) is 25.4. The van der Waals surface area contributed by atoms with Gasteiger partial charge in [0.15, 0.2) is 0 Å². The molecule has 3 unspecified atom stereocenters. The Hall–Kier alpha value is -3.20. The van der Waals surface area contributed by atoms with Gasteiger partial charge in [0, 0.05) is 53.9 Å². The molecular formula is C28H36FN5O3. The van der Waals surface area contributed by atoms with E-state index in [1.165, 1.54) is 12.1 Å². The number of carbonyl (C=O) groups excluding carboxylic acids is 3. The first-order valence-electron chi connectivity index (χ1n) is 13.4. The SMILES string of the molecule is CNC(C)C(=O)NC(C(=O)N1CCC2C1=C(c1c[nH]c3ccc(F)cc13)CN2C(C)=O)C1CCCCC1. The van der Waals surface area contributed by atoms with Gasteiger partial charge in [0.05, 0.1) is 12.1 Å². The van der Waals surface area contributed by atoms with Crippen LogP contribution in [0.15, 0.2) is 30.1 Å². The molecule has 1 saturated heterocycles. The molecular weight excluding hydrogens is 473 g/mol. The normalized spacial score (nSPS) is 21.9. The molecule has 2 aromatic rings. The van der Waals surface area contributed by atoms with E-state index >= 15 is 0 Å². The van der Waals surface area contributed by atoms with Crippen molar-refractivity contribution in [3.8, 4) is 0 Å². The van der Waals surface area contributed by atoms with Gasteiger partial charge >= 0.3 is 0 Å². The minimum Gasteiger partial charge on any atom is -0.361 e. The molecule has 2 aliphatic heterocycles. The number of likely N-dealkylation sites (tertiary alicyclic amines) is 1. The van der Waals surface area contributed by atoms with Gasteiger partial charge in [-0.25, -0.2) is 4.39 Å². The molecule has 8 nitrogen and oxygen atoms in total. The number of aromatic amines is 1. The van der Waals surface area contributed by atoms with Crippen LogP contribution >= 0.6 is 0 Å². The third-order valence-electron chi connectivity index (χ3n) is 8.40. The number of halogens is 1. The number of nitrogens with zero attached hydrogens (tertiary/aromatic N) is 2. The molecule has 3 heterocycles. The highest BCUT2D eigenvalue weighted by atomic mass is 19.1. The van der Waals surface area contributed by atoms with Gasteiger partial charge in [-0.15, -0.1) is 0 Å². The fourth-order valence-electron chi connectivity index (χ4n) is 6.27. The third-order valence-corrected chi connectivity index (χ3v) is 8.40. The lowest BCUT2D eigenvalue weighted by Gasteiger charge is -2.34. The first-order chi connectivity index (χ1) is 17.8. The number of aromatic nitrogens is 1. The molecule has 0 bridgehead atoms. The van der Waals surface area contributed by atoms with Crippen LogP contribution in [-0.4, -0.2) is 70.8 Å². The van der Waals surface area contributed by atoms with E-state index in [0.717, 1.165) is 59.8 Å². The van der Waals surface area contributed by atoms with Gasteiger partial charge in [0.25, 0.3) is 0 Å². The summed E-state index contributed by atoms with van der Waals surface area (Å²) in [4.78, 5) is 46.5. The minimum atomic E-state index is -0.622. The van der Waals surface area contributed by atoms with E-state index in [9.17, 15) is 18.8 Å². The van der Waals surface area contributed by atoms with Crippen LogP contribution in [0.3, 0.4) is 0 Å². The van der Waals surface area contributed by atoms with E-state index in [4.69, 9.17) is 0 Å². The Labute approximate surface area is 216 Å². The summed E-state index contributed by atoms with van der Waals surface area (Å²) in [7, 11) is 1.72. The van der Waals surface area contributed by atoms with E-state index in [-0.39, 0.29) is 35.5 Å². The molecule has 37 heavy (non-hydrogen) atoms. The Morgan fingerprint density at radius 3 is 2.59 bits per heavy atom. The second kappa shape index (κ2) is 10.3. The van der Waals surface area contributed by atoms with Crippen molar-refractivity contribution in [3.05, 3.63) is 41.5 Å². The molecule has 1 saturated carbocycles. The van der Waals surface area contributed by atoms with Gasteiger partial charge in [0.1, 0.15) is 11.9 Å². The van der Waals surface area contributed by atoms with Crippen molar-refractivity contribution in [3.63, 3.8) is 0 Å². The van der Waals surface area contributed by atoms with Crippen molar-refractivity contribution >= 4 is 34.2 Å². The lowest BCUT2D eigenvalue weighted by molar-refractivity contribution is -0.136. The summed E-state index contributed by atoms with van der Waals surface area (Å²) in [5.41, 5.74) is 3.27. The second-order valence-electron chi connectivity index (χ2n) is 10.6. The van der Waals surface area contributed by atoms with E-state index in [1.54, 1.807) is 36.8 Å². The molecule has 1 aromatic heterocycles. The Bertz CT molecular complexity index is 1250. The summed E-state index contributed by atoms with van der Waals surface area (Å²) in [6, 6.07) is 3.35. The van der Waals surface area contributed by atoms with Crippen molar-refractivity contribution in [2.45, 2.75) is 70.5 Å². The Morgan fingerprint density at radius 1 is 1.14 bits per heavy atom. The lowest BCUT2D eigenvalue weighted by atomic mass is 9.83. The number of nitrogens with one attached hydrogen (secondary N) is 3. The highest BCUT2D eigenvalue weighted by Crippen LogP contribution is 2.42. The van der Waals surface area contributed by atoms with Crippen molar-refractivity contribution in [1.29, 1.82) is 0 Å². The predicted molar refractivity (Wildman–Crippen MR) is 140 cm³/mol. The topological polar surface area (TPSA) is 97.5 Å². The van der Waals surface area contributed by atoms with Crippen LogP contribution in [-0.2, 0) is 14.4 Å². The summed E-state index contributed by atoms with van der Waals surface area (Å²) < 4.78 is 14.2. The van der Waals surface area contributed by atoms with Crippen LogP contribution in [0.5, 0.6) is 0 Å². The summed E-state index contributed by atoms with van der Waals surface area (Å²) in [5, 5.41) is 6.75. The number of hydrogen-bond donors (Lipinski definition) is 3. The number of likely N-dealkylation sites (N-methyl/N-ethyl adjacent to an activating group) is 1. The zero-order valence-corrected chi connectivity index (χ0v) is 21.8. The number of fused-ring (bicyclic) bond motifs is 2. The smallest absolute Gasteiger partial charge is 0.249 e. The zero-order valence-electron chi connectivity index (χ0n) is 21.8. The number of rotatable bonds is 6. The summed E-state index contributed by atoms with van der Waals surface area (Å²) in [6.45, 7) is 4.16. The standard InChI is InChI=1S/C28H36FN5O3/c1-16(30-3)27(36)32-25(18-7-5-4-6-8-18)28(37)33-12-11-24-26(33)22(15-34(24)17(2)35)21-14-31-23-10-9-19(29)13-20(21)23/h9-10,13-14,16,18,24-25,30-31H,4-8,11-12,15H2,1-3H3,(H,32,36). The molecule has 5 rings (SSSR count). The molecule has 3 amide bonds. The zero-order chi connectivity index (χ0) is 26.3. The van der Waals surface area contributed by atoms with Crippen LogP contribution in [0.4, 0.5) is 4.39 Å². The fraction of sp³-hybridized carbons (Fsp3) is 0.536. The summed E-state index contributed by atoms with van der Waals surface area (Å²) in [5.74, 6) is -0.632. The number of amides is 3. The highest BCUT2D eigenvalue weighted by molar-refractivity contribution is 5.98. The number of H-pyrrole nitrogens is 1. The van der Waals surface area contributed by atoms with E-state index < -0.39 is 12.1 Å². The van der Waals surface area contributed by atoms with Gasteiger partial charge in [-0.05, 0) is 57.4 Å². The van der Waals surface area contributed by atoms with Crippen LogP contribution in [0.25, 0.3) is 16.5 Å². The quantitative estimate of drug-likeness (QED) is 0.557. The first-order valence-corrected chi connectivity index (χ1v) is 13.4. The number of benzene rings is 1. The average Bonchev–Trinajstić information content (AvgIpc) is 3.60. The highest BCUT2D eigenvalue weighted by Gasteiger charge is 2.46. The van der Waals surface area contributed by atoms with Crippen molar-refractivity contribution in [1.82, 2.24) is 25.4 Å². The maximum absolute atomic E-state index is 14.2. The van der Waals surface area contributed by atoms with Crippen LogP contribution in [0.2, 0.25) is 0 Å². The van der Waals surface area contributed by atoms with Gasteiger partial charge < -0.3 is 25.4 Å². The number of hydrogen-bond acceptors (Lipinski definition) is 4. The third kappa shape index (κ3) is 4.65. The van der Waals surface area contributed by atoms with Crippen molar-refractivity contribution in [2.24, 2.45) is 5.92 Å². The molecule has 0 radical (unpaired) electrons. The monoisotopic (exact) mass is 509 g/mol. The van der Waals surface area contributed by atoms with Gasteiger partial charge in [-0.1, -0.05) is 19.3 Å². The molecule has 0 spiro atoms. The molecule has 3 atom stereocenters. The molecule has 3 N–H and O–H groups in total. The van der Waals surface area contributed by atoms with Crippen LogP contribution in [0.1, 0.15) is 57.9 Å². The van der Waals surface area contributed by atoms with E-state index in [2.05, 4.69) is 15.6 Å². The molecule has 9 heteroatoms. The summed E-state index contributed by atoms with van der Waals surface area (Å²) >= 11 is 0. The lowest BCUT2D eigenvalue weighted by Crippen LogP contribution is -2.55. The molecule has 3 aliphatic rings.